The molecule has 2 rings (SSSR count). The molecule has 4 heteroatoms. The van der Waals surface area contributed by atoms with E-state index < -0.39 is 0 Å². The molecule has 4 nitrogen and oxygen atoms in total. The van der Waals surface area contributed by atoms with E-state index in [1.54, 1.807) is 0 Å². The summed E-state index contributed by atoms with van der Waals surface area (Å²) >= 11 is 0. The molecule has 0 bridgehead atoms. The van der Waals surface area contributed by atoms with Crippen LogP contribution >= 0.6 is 0 Å². The largest absolute Gasteiger partial charge is 0.317 e. The van der Waals surface area contributed by atoms with Crippen molar-refractivity contribution in [3.8, 4) is 0 Å². The third kappa shape index (κ3) is 2.62. The maximum absolute atomic E-state index is 4.39. The van der Waals surface area contributed by atoms with Crippen LogP contribution in [0.5, 0.6) is 0 Å². The molecule has 1 N–H and O–H groups in total. The maximum Gasteiger partial charge on any atom is 0.0638 e. The van der Waals surface area contributed by atoms with Crippen LogP contribution in [0.4, 0.5) is 0 Å². The summed E-state index contributed by atoms with van der Waals surface area (Å²) < 4.78 is 1.91. The predicted octanol–water partition coefficient (Wildman–Crippen LogP) is 0.912. The number of aromatic nitrogens is 2. The molecule has 90 valence electrons. The van der Waals surface area contributed by atoms with E-state index in [4.69, 9.17) is 0 Å². The van der Waals surface area contributed by atoms with Crippen molar-refractivity contribution < 1.29 is 0 Å². The minimum Gasteiger partial charge on any atom is -0.317 e. The fourth-order valence-corrected chi connectivity index (χ4v) is 2.42. The Morgan fingerprint density at radius 3 is 2.62 bits per heavy atom. The lowest BCUT2D eigenvalue weighted by molar-refractivity contribution is 0.194. The highest BCUT2D eigenvalue weighted by Crippen LogP contribution is 2.15. The van der Waals surface area contributed by atoms with Crippen LogP contribution in [0.1, 0.15) is 24.1 Å². The second-order valence-electron chi connectivity index (χ2n) is 4.75. The fraction of sp³-hybridized carbons (Fsp3) is 0.750. The number of nitrogens with zero attached hydrogens (tertiary/aromatic N) is 3. The summed E-state index contributed by atoms with van der Waals surface area (Å²) in [5, 5.41) is 7.75. The number of hydrogen-bond donors (Lipinski definition) is 1. The summed E-state index contributed by atoms with van der Waals surface area (Å²) in [4.78, 5) is 2.53. The third-order valence-corrected chi connectivity index (χ3v) is 3.50. The molecule has 1 fully saturated rings. The van der Waals surface area contributed by atoms with E-state index in [0.717, 1.165) is 6.54 Å². The van der Waals surface area contributed by atoms with E-state index in [9.17, 15) is 0 Å². The van der Waals surface area contributed by atoms with Gasteiger partial charge in [-0.15, -0.1) is 0 Å². The Kier molecular flexibility index (Phi) is 3.61. The first-order chi connectivity index (χ1) is 7.69. The van der Waals surface area contributed by atoms with Crippen LogP contribution in [0.3, 0.4) is 0 Å². The predicted molar refractivity (Wildman–Crippen MR) is 65.3 cm³/mol. The standard InChI is InChI=1S/C12H22N4/c1-10-11(8-15(3)14-10)9-16-6-4-12(13-2)5-7-16/h8,12-13H,4-7,9H2,1-3H3. The van der Waals surface area contributed by atoms with Crippen molar-refractivity contribution in [1.29, 1.82) is 0 Å². The molecule has 0 saturated carbocycles. The Labute approximate surface area is 97.6 Å². The minimum atomic E-state index is 0.714. The highest BCUT2D eigenvalue weighted by molar-refractivity contribution is 5.15. The summed E-state index contributed by atoms with van der Waals surface area (Å²) in [6.07, 6.45) is 4.66. The SMILES string of the molecule is CNC1CCN(Cc2cn(C)nc2C)CC1. The average molecular weight is 222 g/mol. The van der Waals surface area contributed by atoms with E-state index in [1.165, 1.54) is 37.2 Å². The smallest absolute Gasteiger partial charge is 0.0638 e. The van der Waals surface area contributed by atoms with Crippen LogP contribution in [-0.2, 0) is 13.6 Å². The van der Waals surface area contributed by atoms with E-state index in [0.29, 0.717) is 6.04 Å². The van der Waals surface area contributed by atoms with E-state index in [2.05, 4.69) is 35.5 Å². The quantitative estimate of drug-likeness (QED) is 0.825. The molecule has 16 heavy (non-hydrogen) atoms. The van der Waals surface area contributed by atoms with Gasteiger partial charge < -0.3 is 5.32 Å². The van der Waals surface area contributed by atoms with Crippen molar-refractivity contribution in [2.75, 3.05) is 20.1 Å². The molecular formula is C12H22N4. The molecule has 1 aromatic heterocycles. The summed E-state index contributed by atoms with van der Waals surface area (Å²) in [5.41, 5.74) is 2.53. The van der Waals surface area contributed by atoms with Crippen LogP contribution in [0, 0.1) is 6.92 Å². The summed E-state index contributed by atoms with van der Waals surface area (Å²) in [6, 6.07) is 0.714. The van der Waals surface area contributed by atoms with Gasteiger partial charge in [-0.1, -0.05) is 0 Å². The normalized spacial score (nSPS) is 19.2. The molecule has 2 heterocycles. The molecule has 1 aliphatic heterocycles. The molecule has 0 atom stereocenters. The summed E-state index contributed by atoms with van der Waals surface area (Å²) in [7, 11) is 4.05. The first-order valence-electron chi connectivity index (χ1n) is 6.08. The lowest BCUT2D eigenvalue weighted by Crippen LogP contribution is -2.40. The molecule has 0 spiro atoms. The molecule has 1 aromatic rings. The Balaban J connectivity index is 1.89. The molecule has 0 amide bonds. The van der Waals surface area contributed by atoms with Crippen LogP contribution in [0.25, 0.3) is 0 Å². The lowest BCUT2D eigenvalue weighted by Gasteiger charge is -2.31. The molecule has 1 saturated heterocycles. The first-order valence-corrected chi connectivity index (χ1v) is 6.08. The molecular weight excluding hydrogens is 200 g/mol. The van der Waals surface area contributed by atoms with Gasteiger partial charge in [0.25, 0.3) is 0 Å². The average Bonchev–Trinajstić information content (AvgIpc) is 2.59. The van der Waals surface area contributed by atoms with Crippen molar-refractivity contribution in [2.24, 2.45) is 7.05 Å². The van der Waals surface area contributed by atoms with Crippen LogP contribution in [-0.4, -0.2) is 40.9 Å². The summed E-state index contributed by atoms with van der Waals surface area (Å²) in [5.74, 6) is 0. The minimum absolute atomic E-state index is 0.714. The van der Waals surface area contributed by atoms with Gasteiger partial charge in [0, 0.05) is 31.4 Å². The van der Waals surface area contributed by atoms with Gasteiger partial charge in [-0.3, -0.25) is 9.58 Å². The van der Waals surface area contributed by atoms with Crippen molar-refractivity contribution in [3.63, 3.8) is 0 Å². The molecule has 1 aliphatic rings. The van der Waals surface area contributed by atoms with Crippen molar-refractivity contribution in [1.82, 2.24) is 20.0 Å². The number of likely N-dealkylation sites (tertiary alicyclic amines) is 1. The fourth-order valence-electron chi connectivity index (χ4n) is 2.42. The molecule has 0 aliphatic carbocycles. The van der Waals surface area contributed by atoms with Crippen molar-refractivity contribution >= 4 is 0 Å². The zero-order valence-electron chi connectivity index (χ0n) is 10.5. The Morgan fingerprint density at radius 2 is 2.12 bits per heavy atom. The maximum atomic E-state index is 4.39. The van der Waals surface area contributed by atoms with Crippen LogP contribution < -0.4 is 5.32 Å². The van der Waals surface area contributed by atoms with Gasteiger partial charge in [0.1, 0.15) is 0 Å². The number of piperidine rings is 1. The van der Waals surface area contributed by atoms with E-state index >= 15 is 0 Å². The van der Waals surface area contributed by atoms with Gasteiger partial charge in [-0.2, -0.15) is 5.10 Å². The van der Waals surface area contributed by atoms with Gasteiger partial charge in [0.15, 0.2) is 0 Å². The van der Waals surface area contributed by atoms with Gasteiger partial charge in [-0.25, -0.2) is 0 Å². The second-order valence-corrected chi connectivity index (χ2v) is 4.75. The second kappa shape index (κ2) is 4.97. The number of rotatable bonds is 3. The van der Waals surface area contributed by atoms with Crippen LogP contribution in [0.15, 0.2) is 6.20 Å². The lowest BCUT2D eigenvalue weighted by atomic mass is 10.0. The van der Waals surface area contributed by atoms with Gasteiger partial charge in [-0.05, 0) is 39.9 Å². The van der Waals surface area contributed by atoms with E-state index in [1.807, 2.05) is 11.7 Å². The van der Waals surface area contributed by atoms with Gasteiger partial charge >= 0.3 is 0 Å². The van der Waals surface area contributed by atoms with Gasteiger partial charge in [0.05, 0.1) is 5.69 Å². The Morgan fingerprint density at radius 1 is 1.44 bits per heavy atom. The van der Waals surface area contributed by atoms with Gasteiger partial charge in [0.2, 0.25) is 0 Å². The first kappa shape index (κ1) is 11.6. The Bertz CT molecular complexity index is 337. The summed E-state index contributed by atoms with van der Waals surface area (Å²) in [6.45, 7) is 5.53. The number of aryl methyl sites for hydroxylation is 2. The number of nitrogens with one attached hydrogen (secondary N) is 1. The highest BCUT2D eigenvalue weighted by atomic mass is 15.3. The monoisotopic (exact) mass is 222 g/mol. The third-order valence-electron chi connectivity index (χ3n) is 3.50. The zero-order chi connectivity index (χ0) is 11.5. The van der Waals surface area contributed by atoms with E-state index in [-0.39, 0.29) is 0 Å². The number of hydrogen-bond acceptors (Lipinski definition) is 3. The topological polar surface area (TPSA) is 33.1 Å². The molecule has 0 aromatic carbocycles. The van der Waals surface area contributed by atoms with Crippen molar-refractivity contribution in [2.45, 2.75) is 32.4 Å². The van der Waals surface area contributed by atoms with Crippen LogP contribution in [0.2, 0.25) is 0 Å². The zero-order valence-corrected chi connectivity index (χ0v) is 10.5. The molecule has 0 unspecified atom stereocenters. The highest BCUT2D eigenvalue weighted by Gasteiger charge is 2.18. The Hall–Kier alpha value is -0.870. The molecule has 0 radical (unpaired) electrons. The van der Waals surface area contributed by atoms with Crippen molar-refractivity contribution in [3.05, 3.63) is 17.5 Å².